The number of ether oxygens (including phenoxy) is 3. The molecular formula is C24H31N3O6. The van der Waals surface area contributed by atoms with E-state index in [0.29, 0.717) is 28.5 Å². The average Bonchev–Trinajstić information content (AvgIpc) is 2.82. The van der Waals surface area contributed by atoms with Gasteiger partial charge in [0.2, 0.25) is 5.91 Å². The van der Waals surface area contributed by atoms with E-state index in [1.54, 1.807) is 36.4 Å². The monoisotopic (exact) mass is 457 g/mol. The van der Waals surface area contributed by atoms with Gasteiger partial charge in [0.1, 0.15) is 5.75 Å². The zero-order valence-electron chi connectivity index (χ0n) is 19.4. The summed E-state index contributed by atoms with van der Waals surface area (Å²) in [6, 6.07) is 11.8. The maximum atomic E-state index is 12.4. The van der Waals surface area contributed by atoms with Gasteiger partial charge in [-0.3, -0.25) is 14.4 Å². The molecule has 9 heteroatoms. The fraction of sp³-hybridized carbons (Fsp3) is 0.375. The topological polar surface area (TPSA) is 115 Å². The third-order valence-electron chi connectivity index (χ3n) is 4.82. The van der Waals surface area contributed by atoms with Crippen LogP contribution in [0, 0.1) is 0 Å². The first kappa shape index (κ1) is 25.5. The lowest BCUT2D eigenvalue weighted by Gasteiger charge is -2.14. The van der Waals surface area contributed by atoms with Crippen LogP contribution in [0.3, 0.4) is 0 Å². The van der Waals surface area contributed by atoms with E-state index >= 15 is 0 Å². The van der Waals surface area contributed by atoms with Gasteiger partial charge in [0.25, 0.3) is 11.8 Å². The second-order valence-corrected chi connectivity index (χ2v) is 7.29. The van der Waals surface area contributed by atoms with Gasteiger partial charge in [0.15, 0.2) is 18.1 Å². The maximum Gasteiger partial charge on any atom is 0.262 e. The van der Waals surface area contributed by atoms with Crippen molar-refractivity contribution in [1.29, 1.82) is 0 Å². The van der Waals surface area contributed by atoms with Crippen LogP contribution < -0.4 is 30.2 Å². The van der Waals surface area contributed by atoms with Crippen molar-refractivity contribution >= 4 is 23.4 Å². The van der Waals surface area contributed by atoms with Crippen molar-refractivity contribution in [2.75, 3.05) is 32.7 Å². The molecule has 3 amide bonds. The number of methoxy groups -OCH3 is 2. The van der Waals surface area contributed by atoms with Crippen LogP contribution >= 0.6 is 0 Å². The first-order valence-electron chi connectivity index (χ1n) is 10.7. The standard InChI is InChI=1S/C24H31N3O6/c1-5-16(2)26-22(28)12-13-25-24(30)17-10-11-20(21(14-17)32-4)33-15-23(29)27-18-8-6-7-9-19(18)31-3/h6-11,14,16H,5,12-13,15H2,1-4H3,(H,25,30)(H,26,28)(H,27,29). The molecule has 0 aliphatic heterocycles. The van der Waals surface area contributed by atoms with E-state index in [9.17, 15) is 14.4 Å². The van der Waals surface area contributed by atoms with Gasteiger partial charge in [-0.05, 0) is 43.7 Å². The molecule has 9 nitrogen and oxygen atoms in total. The molecular weight excluding hydrogens is 426 g/mol. The fourth-order valence-electron chi connectivity index (χ4n) is 2.85. The van der Waals surface area contributed by atoms with Crippen LogP contribution in [-0.4, -0.2) is 51.1 Å². The van der Waals surface area contributed by atoms with Crippen LogP contribution in [-0.2, 0) is 9.59 Å². The lowest BCUT2D eigenvalue weighted by molar-refractivity contribution is -0.121. The molecule has 0 bridgehead atoms. The quantitative estimate of drug-likeness (QED) is 0.452. The van der Waals surface area contributed by atoms with Crippen LogP contribution in [0.1, 0.15) is 37.0 Å². The molecule has 178 valence electrons. The van der Waals surface area contributed by atoms with Crippen molar-refractivity contribution in [2.45, 2.75) is 32.7 Å². The van der Waals surface area contributed by atoms with Gasteiger partial charge >= 0.3 is 0 Å². The van der Waals surface area contributed by atoms with Crippen molar-refractivity contribution in [3.8, 4) is 17.2 Å². The number of para-hydroxylation sites is 2. The van der Waals surface area contributed by atoms with Gasteiger partial charge < -0.3 is 30.2 Å². The summed E-state index contributed by atoms with van der Waals surface area (Å²) in [6.07, 6.45) is 1.03. The second-order valence-electron chi connectivity index (χ2n) is 7.29. The van der Waals surface area contributed by atoms with E-state index in [-0.39, 0.29) is 43.3 Å². The Labute approximate surface area is 193 Å². The van der Waals surface area contributed by atoms with Gasteiger partial charge in [0, 0.05) is 24.6 Å². The minimum Gasteiger partial charge on any atom is -0.495 e. The zero-order chi connectivity index (χ0) is 24.2. The molecule has 0 heterocycles. The number of hydrogen-bond donors (Lipinski definition) is 3. The van der Waals surface area contributed by atoms with Crippen molar-refractivity contribution < 1.29 is 28.6 Å². The number of carbonyl (C=O) groups excluding carboxylic acids is 3. The highest BCUT2D eigenvalue weighted by atomic mass is 16.5. The molecule has 0 spiro atoms. The van der Waals surface area contributed by atoms with Crippen LogP contribution in [0.25, 0.3) is 0 Å². The summed E-state index contributed by atoms with van der Waals surface area (Å²) in [5.41, 5.74) is 0.880. The summed E-state index contributed by atoms with van der Waals surface area (Å²) < 4.78 is 16.1. The second kappa shape index (κ2) is 12.9. The number of anilines is 1. The number of amides is 3. The Morgan fingerprint density at radius 2 is 1.67 bits per heavy atom. The summed E-state index contributed by atoms with van der Waals surface area (Å²) in [4.78, 5) is 36.5. The van der Waals surface area contributed by atoms with Gasteiger partial charge in [-0.15, -0.1) is 0 Å². The third kappa shape index (κ3) is 8.03. The number of nitrogens with one attached hydrogen (secondary N) is 3. The van der Waals surface area contributed by atoms with E-state index in [2.05, 4.69) is 16.0 Å². The molecule has 1 atom stereocenters. The molecule has 2 rings (SSSR count). The lowest BCUT2D eigenvalue weighted by Crippen LogP contribution is -2.35. The Morgan fingerprint density at radius 3 is 2.36 bits per heavy atom. The van der Waals surface area contributed by atoms with E-state index in [1.165, 1.54) is 20.3 Å². The van der Waals surface area contributed by atoms with Crippen LogP contribution in [0.5, 0.6) is 17.2 Å². The summed E-state index contributed by atoms with van der Waals surface area (Å²) >= 11 is 0. The molecule has 1 unspecified atom stereocenters. The Kier molecular flexibility index (Phi) is 10.0. The Hall–Kier alpha value is -3.75. The molecule has 0 saturated heterocycles. The van der Waals surface area contributed by atoms with Gasteiger partial charge in [-0.1, -0.05) is 19.1 Å². The summed E-state index contributed by atoms with van der Waals surface area (Å²) in [5, 5.41) is 8.28. The summed E-state index contributed by atoms with van der Waals surface area (Å²) in [6.45, 7) is 3.87. The smallest absolute Gasteiger partial charge is 0.262 e. The van der Waals surface area contributed by atoms with Crippen molar-refractivity contribution in [2.24, 2.45) is 0 Å². The Morgan fingerprint density at radius 1 is 0.939 bits per heavy atom. The first-order valence-corrected chi connectivity index (χ1v) is 10.7. The minimum atomic E-state index is -0.376. The highest BCUT2D eigenvalue weighted by Crippen LogP contribution is 2.28. The molecule has 0 aromatic heterocycles. The fourth-order valence-corrected chi connectivity index (χ4v) is 2.85. The van der Waals surface area contributed by atoms with Gasteiger partial charge in [-0.25, -0.2) is 0 Å². The van der Waals surface area contributed by atoms with Crippen LogP contribution in [0.2, 0.25) is 0 Å². The number of hydrogen-bond acceptors (Lipinski definition) is 6. The number of carbonyl (C=O) groups is 3. The molecule has 0 aliphatic rings. The van der Waals surface area contributed by atoms with Gasteiger partial charge in [-0.2, -0.15) is 0 Å². The molecule has 0 saturated carbocycles. The average molecular weight is 458 g/mol. The predicted octanol–water partition coefficient (Wildman–Crippen LogP) is 2.76. The maximum absolute atomic E-state index is 12.4. The van der Waals surface area contributed by atoms with E-state index in [4.69, 9.17) is 14.2 Å². The van der Waals surface area contributed by atoms with E-state index < -0.39 is 0 Å². The van der Waals surface area contributed by atoms with Crippen molar-refractivity contribution in [3.05, 3.63) is 48.0 Å². The molecule has 0 radical (unpaired) electrons. The van der Waals surface area contributed by atoms with Crippen LogP contribution in [0.15, 0.2) is 42.5 Å². The lowest BCUT2D eigenvalue weighted by atomic mass is 10.2. The molecule has 0 fully saturated rings. The minimum absolute atomic E-state index is 0.0989. The number of rotatable bonds is 12. The van der Waals surface area contributed by atoms with E-state index in [1.807, 2.05) is 13.8 Å². The largest absolute Gasteiger partial charge is 0.495 e. The SMILES string of the molecule is CCC(C)NC(=O)CCNC(=O)c1ccc(OCC(=O)Nc2ccccc2OC)c(OC)c1. The molecule has 33 heavy (non-hydrogen) atoms. The van der Waals surface area contributed by atoms with Crippen molar-refractivity contribution in [1.82, 2.24) is 10.6 Å². The van der Waals surface area contributed by atoms with Gasteiger partial charge in [0.05, 0.1) is 19.9 Å². The zero-order valence-corrected chi connectivity index (χ0v) is 19.4. The summed E-state index contributed by atoms with van der Waals surface area (Å²) in [5.74, 6) is 0.331. The number of benzene rings is 2. The first-order chi connectivity index (χ1) is 15.9. The predicted molar refractivity (Wildman–Crippen MR) is 125 cm³/mol. The Balaban J connectivity index is 1.89. The summed E-state index contributed by atoms with van der Waals surface area (Å²) in [7, 11) is 2.96. The van der Waals surface area contributed by atoms with Crippen molar-refractivity contribution in [3.63, 3.8) is 0 Å². The van der Waals surface area contributed by atoms with E-state index in [0.717, 1.165) is 6.42 Å². The third-order valence-corrected chi connectivity index (χ3v) is 4.82. The molecule has 2 aromatic carbocycles. The Bertz CT molecular complexity index is 963. The van der Waals surface area contributed by atoms with Crippen LogP contribution in [0.4, 0.5) is 5.69 Å². The molecule has 3 N–H and O–H groups in total. The molecule has 0 aliphatic carbocycles. The highest BCUT2D eigenvalue weighted by Gasteiger charge is 2.14. The normalized spacial score (nSPS) is 11.2. The highest BCUT2D eigenvalue weighted by molar-refractivity contribution is 5.95. The molecule has 2 aromatic rings.